The van der Waals surface area contributed by atoms with E-state index >= 15 is 0 Å². The van der Waals surface area contributed by atoms with E-state index in [0.29, 0.717) is 22.3 Å². The first-order valence-corrected chi connectivity index (χ1v) is 45.8. The topological polar surface area (TPSA) is 344 Å². The molecule has 133 heavy (non-hydrogen) atoms. The number of rotatable bonds is 9. The second-order valence-corrected chi connectivity index (χ2v) is 35.2. The summed E-state index contributed by atoms with van der Waals surface area (Å²) in [7, 11) is 2.80. The van der Waals surface area contributed by atoms with Crippen molar-refractivity contribution in [2.45, 2.75) is 135 Å². The number of ether oxygens (including phenoxy) is 2. The van der Waals surface area contributed by atoms with E-state index < -0.39 is 11.7 Å². The number of primary amides is 1. The lowest BCUT2D eigenvalue weighted by atomic mass is 9.85. The number of carbonyl (C=O) groups is 3. The largest absolute Gasteiger partial charge is 0.505 e. The number of phenolic OH excluding ortho intramolecular Hbond substituents is 1. The van der Waals surface area contributed by atoms with Crippen LogP contribution in [-0.4, -0.2) is 108 Å². The van der Waals surface area contributed by atoms with Crippen molar-refractivity contribution in [2.24, 2.45) is 16.6 Å². The first kappa shape index (κ1) is 84.1. The number of nitrogens with one attached hydrogen (secondary N) is 5. The number of H-pyrrole nitrogens is 5. The minimum absolute atomic E-state index is 0.122. The fourth-order valence-electron chi connectivity index (χ4n) is 21.1. The van der Waals surface area contributed by atoms with E-state index in [1.807, 2.05) is 128 Å². The summed E-state index contributed by atoms with van der Waals surface area (Å²) in [5, 5.41) is 48.3. The van der Waals surface area contributed by atoms with Crippen molar-refractivity contribution < 1.29 is 38.6 Å². The van der Waals surface area contributed by atoms with Crippen LogP contribution in [-0.2, 0) is 73.7 Å². The molecule has 0 radical (unpaired) electrons. The lowest BCUT2D eigenvalue weighted by Gasteiger charge is -2.23. The molecule has 5 aliphatic rings. The molecule has 0 fully saturated rings. The molecule has 0 bridgehead atoms. The van der Waals surface area contributed by atoms with Gasteiger partial charge in [-0.15, -0.1) is 0 Å². The molecule has 0 saturated heterocycles. The third-order valence-corrected chi connectivity index (χ3v) is 27.4. The van der Waals surface area contributed by atoms with Gasteiger partial charge in [0.25, 0.3) is 0 Å². The Morgan fingerprint density at radius 2 is 0.714 bits per heavy atom. The molecule has 0 saturated carbocycles. The van der Waals surface area contributed by atoms with Crippen LogP contribution in [0, 0.1) is 12.7 Å². The average Bonchev–Trinajstić information content (AvgIpc) is 1.74. The van der Waals surface area contributed by atoms with Gasteiger partial charge in [-0.2, -0.15) is 10.2 Å². The molecule has 20 aromatic rings. The third kappa shape index (κ3) is 15.7. The predicted molar refractivity (Wildman–Crippen MR) is 524 cm³/mol. The van der Waals surface area contributed by atoms with Gasteiger partial charge in [0.05, 0.1) is 93.4 Å². The Hall–Kier alpha value is -15.8. The summed E-state index contributed by atoms with van der Waals surface area (Å²) in [6.45, 7) is 2.07. The van der Waals surface area contributed by atoms with E-state index in [2.05, 4.69) is 118 Å². The van der Waals surface area contributed by atoms with Crippen molar-refractivity contribution in [3.8, 4) is 62.0 Å². The maximum Gasteiger partial charge on any atom is 0.337 e. The summed E-state index contributed by atoms with van der Waals surface area (Å²) in [6.07, 6.45) is 29.9. The van der Waals surface area contributed by atoms with Crippen LogP contribution in [0.25, 0.3) is 165 Å². The Kier molecular flexibility index (Phi) is 22.5. The molecule has 0 aliphatic heterocycles. The number of aromatic hydroxyl groups is 1. The standard InChI is InChI=1S/C23H20N2O2.C22H19FN2O.C22H20N4O.C22H19N3O2.C21H18N4O/c1-27-23(26)15-8-6-14(7-9-15)22-17-5-3-2-4-16(17)21-18-12-13-24-19(18)10-11-20(21)25-22;1-12-10-16-18(24-12)7-8-19-21(16)14-4-2-3-5-15(14)22(25-19)13-6-9-20(26)17(23)11-13;23-22(26-27)14-7-5-13(6-8-14)21-16-4-2-1-3-15(16)20-17-11-12-24-18(17)9-10-19(20)25-21;1-27-22(26)14-8-6-13(7-9-14)21-16-5-3-2-4-15(16)20-17-12-23-25-18(17)10-11-19(20)24-21;22-21(26)13-7-5-12(6-8-13)20-15-4-2-1-3-14(15)19-16-11-23-25-17(16)9-10-18(19)24-20/h6-13,25H,2-5H2,1H3;6-11,24,26H,2-5H2,1H3;5-12,25,27H,1-4H2,(H2,23,26);6-12H,2-5H2,1H3,(H,23,25);5-11H,1-4H2,(H2,22,26)(H,23,25). The van der Waals surface area contributed by atoms with Gasteiger partial charge in [-0.3, -0.25) is 25.0 Å². The molecule has 10 aromatic carbocycles. The third-order valence-electron chi connectivity index (χ3n) is 27.4. The van der Waals surface area contributed by atoms with Crippen molar-refractivity contribution in [2.75, 3.05) is 14.2 Å². The number of hydrogen-bond donors (Lipinski definition) is 9. The number of aromatic nitrogens is 12. The highest BCUT2D eigenvalue weighted by molar-refractivity contribution is 6.13. The van der Waals surface area contributed by atoms with Crippen LogP contribution in [0.3, 0.4) is 0 Å². The molecule has 22 nitrogen and oxygen atoms in total. The Bertz CT molecular complexity index is 7880. The second-order valence-electron chi connectivity index (χ2n) is 35.2. The van der Waals surface area contributed by atoms with Crippen molar-refractivity contribution >= 4 is 133 Å². The monoisotopic (exact) mass is 1760 g/mol. The van der Waals surface area contributed by atoms with E-state index in [4.69, 9.17) is 41.1 Å². The smallest absolute Gasteiger partial charge is 0.337 e. The van der Waals surface area contributed by atoms with Gasteiger partial charge in [-0.05, 0) is 336 Å². The van der Waals surface area contributed by atoms with Crippen LogP contribution in [0.5, 0.6) is 5.75 Å². The lowest BCUT2D eigenvalue weighted by Crippen LogP contribution is -2.12. The van der Waals surface area contributed by atoms with Gasteiger partial charge < -0.3 is 46.2 Å². The second kappa shape index (κ2) is 35.6. The van der Waals surface area contributed by atoms with Gasteiger partial charge in [0, 0.05) is 128 Å². The number of esters is 2. The van der Waals surface area contributed by atoms with Crippen LogP contribution >= 0.6 is 0 Å². The number of carbonyl (C=O) groups excluding carboxylic acids is 3. The summed E-state index contributed by atoms with van der Waals surface area (Å²) >= 11 is 0. The fourth-order valence-corrected chi connectivity index (χ4v) is 21.1. The SMILES string of the molecule is COC(=O)c1ccc(-c2[nH]c3ccc4nccc4c3c3c2CCCC3)cc1.COC(=O)c1ccc(-c2nc3ccc4[nH]ncc4c3c3c2CCCC3)cc1.Cc1cc2c(ccc3nc(-c4ccc(O)c(F)c4)c4c(c32)CCCC4)[nH]1.NC(=NO)c1ccc(-c2[nH]c3ccc4nccc4c3c3c2CCCC3)cc1.NC(=O)c1ccc(-c2nc3ccc4[nH]ncc4c3c3c2CCCC3)cc1. The van der Waals surface area contributed by atoms with E-state index in [9.17, 15) is 23.9 Å². The number of nitrogens with zero attached hydrogens (tertiary/aromatic N) is 8. The van der Waals surface area contributed by atoms with Crippen LogP contribution in [0.4, 0.5) is 4.39 Å². The minimum atomic E-state index is -0.606. The number of fused-ring (bicyclic) bond motifs is 25. The molecule has 25 rings (SSSR count). The van der Waals surface area contributed by atoms with Gasteiger partial charge in [-0.25, -0.2) is 28.9 Å². The zero-order chi connectivity index (χ0) is 90.6. The number of phenols is 1. The van der Waals surface area contributed by atoms with Crippen molar-refractivity contribution in [3.63, 3.8) is 0 Å². The summed E-state index contributed by atoms with van der Waals surface area (Å²) < 4.78 is 23.6. The summed E-state index contributed by atoms with van der Waals surface area (Å²) in [6, 6.07) is 62.2. The number of halogens is 1. The zero-order valence-electron chi connectivity index (χ0n) is 74.0. The molecule has 23 heteroatoms. The highest BCUT2D eigenvalue weighted by Gasteiger charge is 2.29. The first-order valence-electron chi connectivity index (χ1n) is 45.8. The Labute approximate surface area is 763 Å². The molecule has 11 N–H and O–H groups in total. The lowest BCUT2D eigenvalue weighted by molar-refractivity contribution is 0.0592. The number of hydrogen-bond acceptors (Lipinski definition) is 15. The van der Waals surface area contributed by atoms with Crippen molar-refractivity contribution in [1.82, 2.24) is 60.3 Å². The van der Waals surface area contributed by atoms with Gasteiger partial charge in [0.1, 0.15) is 0 Å². The number of benzene rings is 10. The number of amides is 1. The van der Waals surface area contributed by atoms with E-state index in [0.717, 1.165) is 199 Å². The molecule has 5 aliphatic carbocycles. The first-order chi connectivity index (χ1) is 65.1. The molecule has 10 aromatic heterocycles. The van der Waals surface area contributed by atoms with Gasteiger partial charge in [0.15, 0.2) is 17.4 Å². The maximum absolute atomic E-state index is 13.9. The van der Waals surface area contributed by atoms with Crippen molar-refractivity contribution in [1.29, 1.82) is 0 Å². The minimum Gasteiger partial charge on any atom is -0.505 e. The number of methoxy groups -OCH3 is 2. The molecule has 0 unspecified atom stereocenters. The molecular formula is C110H96FN15O7. The highest BCUT2D eigenvalue weighted by Crippen LogP contribution is 2.46. The Morgan fingerprint density at radius 1 is 0.361 bits per heavy atom. The number of aromatic amines is 5. The number of oxime groups is 1. The molecule has 10 heterocycles. The molecule has 660 valence electrons. The number of nitrogens with two attached hydrogens (primary N) is 2. The van der Waals surface area contributed by atoms with E-state index in [1.54, 1.807) is 18.2 Å². The van der Waals surface area contributed by atoms with Gasteiger partial charge in [0.2, 0.25) is 5.91 Å². The highest BCUT2D eigenvalue weighted by atomic mass is 19.1. The van der Waals surface area contributed by atoms with Crippen LogP contribution in [0.1, 0.15) is 162 Å². The quantitative estimate of drug-likeness (QED) is 0.0213. The predicted octanol–water partition coefficient (Wildman–Crippen LogP) is 23.0. The van der Waals surface area contributed by atoms with Crippen LogP contribution in [0.2, 0.25) is 0 Å². The zero-order valence-corrected chi connectivity index (χ0v) is 74.0. The Morgan fingerprint density at radius 3 is 1.13 bits per heavy atom. The molecule has 1 amide bonds. The number of pyridine rings is 5. The number of aryl methyl sites for hydroxylation is 6. The molecule has 0 atom stereocenters. The normalized spacial score (nSPS) is 14.0. The fraction of sp³-hybridized carbons (Fsp3) is 0.209. The van der Waals surface area contributed by atoms with Crippen LogP contribution < -0.4 is 11.5 Å². The average molecular weight is 1760 g/mol. The van der Waals surface area contributed by atoms with Gasteiger partial charge in [-0.1, -0.05) is 65.8 Å². The summed E-state index contributed by atoms with van der Waals surface area (Å²) in [5.74, 6) is -1.85. The Balaban J connectivity index is 0.000000100. The maximum atomic E-state index is 13.9. The van der Waals surface area contributed by atoms with Crippen LogP contribution in [0.15, 0.2) is 224 Å². The van der Waals surface area contributed by atoms with Gasteiger partial charge >= 0.3 is 11.9 Å². The summed E-state index contributed by atoms with van der Waals surface area (Å²) in [5.41, 5.74) is 49.0. The van der Waals surface area contributed by atoms with Crippen molar-refractivity contribution in [3.05, 3.63) is 308 Å². The summed E-state index contributed by atoms with van der Waals surface area (Å²) in [4.78, 5) is 69.5. The van der Waals surface area contributed by atoms with E-state index in [1.165, 1.54) is 182 Å². The van der Waals surface area contributed by atoms with E-state index in [-0.39, 0.29) is 23.5 Å². The number of amidine groups is 1. The molecule has 0 spiro atoms. The molecular weight excluding hydrogens is 1660 g/mol.